The lowest BCUT2D eigenvalue weighted by atomic mass is 9.86. The van der Waals surface area contributed by atoms with Crippen LogP contribution in [-0.2, 0) is 24.3 Å². The van der Waals surface area contributed by atoms with Crippen LogP contribution in [0.2, 0.25) is 5.02 Å². The van der Waals surface area contributed by atoms with Crippen molar-refractivity contribution >= 4 is 28.4 Å². The van der Waals surface area contributed by atoms with Gasteiger partial charge >= 0.3 is 0 Å². The van der Waals surface area contributed by atoms with E-state index in [1.54, 1.807) is 22.8 Å². The fraction of sp³-hybridized carbons (Fsp3) is 0.323. The summed E-state index contributed by atoms with van der Waals surface area (Å²) in [5.41, 5.74) is 8.38. The minimum atomic E-state index is -0.104. The molecule has 5 rings (SSSR count). The molecule has 0 bridgehead atoms. The van der Waals surface area contributed by atoms with Crippen LogP contribution in [0.1, 0.15) is 36.2 Å². The first kappa shape index (κ1) is 27.1. The quantitative estimate of drug-likeness (QED) is 0.280. The van der Waals surface area contributed by atoms with Crippen LogP contribution in [0.15, 0.2) is 83.7 Å². The predicted molar refractivity (Wildman–Crippen MR) is 156 cm³/mol. The summed E-state index contributed by atoms with van der Waals surface area (Å²) in [7, 11) is 0. The van der Waals surface area contributed by atoms with E-state index in [1.807, 2.05) is 48.5 Å². The molecule has 39 heavy (non-hydrogen) atoms. The van der Waals surface area contributed by atoms with Gasteiger partial charge in [-0.05, 0) is 61.6 Å². The normalized spacial score (nSPS) is 18.2. The number of fused-ring (bicyclic) bond motifs is 1. The van der Waals surface area contributed by atoms with Gasteiger partial charge in [-0.1, -0.05) is 72.3 Å². The van der Waals surface area contributed by atoms with Crippen molar-refractivity contribution in [1.29, 1.82) is 0 Å². The molecule has 7 nitrogen and oxygen atoms in total. The summed E-state index contributed by atoms with van der Waals surface area (Å²) in [6.45, 7) is 1.28. The van der Waals surface area contributed by atoms with Crippen LogP contribution in [0.25, 0.3) is 10.9 Å². The Bertz CT molecular complexity index is 1480. The van der Waals surface area contributed by atoms with E-state index in [9.17, 15) is 9.59 Å². The van der Waals surface area contributed by atoms with E-state index in [0.717, 1.165) is 24.8 Å². The lowest BCUT2D eigenvalue weighted by Gasteiger charge is -2.35. The van der Waals surface area contributed by atoms with Crippen LogP contribution in [-0.4, -0.2) is 34.1 Å². The molecule has 0 aliphatic carbocycles. The number of aromatic nitrogens is 2. The Labute approximate surface area is 233 Å². The van der Waals surface area contributed by atoms with E-state index < -0.39 is 0 Å². The highest BCUT2D eigenvalue weighted by Gasteiger charge is 2.32. The van der Waals surface area contributed by atoms with Crippen molar-refractivity contribution in [1.82, 2.24) is 20.2 Å². The highest BCUT2D eigenvalue weighted by Crippen LogP contribution is 2.22. The number of hydrogen-bond acceptors (Lipinski definition) is 5. The van der Waals surface area contributed by atoms with Gasteiger partial charge < -0.3 is 16.4 Å². The SMILES string of the molecule is NCCC1CCC(C(Cc2ccccc2)NCc2nc3cc(Cl)ccc3c(=O)n2Cc2ccccc2)NC1=O. The number of piperidine rings is 1. The number of amides is 1. The van der Waals surface area contributed by atoms with Gasteiger partial charge in [-0.25, -0.2) is 4.98 Å². The molecule has 1 fully saturated rings. The number of halogens is 1. The van der Waals surface area contributed by atoms with Crippen molar-refractivity contribution in [3.05, 3.63) is 111 Å². The van der Waals surface area contributed by atoms with Gasteiger partial charge in [0.25, 0.3) is 5.56 Å². The Morgan fingerprint density at radius 1 is 1.00 bits per heavy atom. The molecular weight excluding hydrogens is 510 g/mol. The summed E-state index contributed by atoms with van der Waals surface area (Å²) >= 11 is 6.25. The van der Waals surface area contributed by atoms with Crippen LogP contribution in [0, 0.1) is 5.92 Å². The highest BCUT2D eigenvalue weighted by atomic mass is 35.5. The summed E-state index contributed by atoms with van der Waals surface area (Å²) in [5, 5.41) is 7.98. The summed E-state index contributed by atoms with van der Waals surface area (Å²) < 4.78 is 1.73. The molecule has 4 N–H and O–H groups in total. The van der Waals surface area contributed by atoms with Crippen LogP contribution in [0.5, 0.6) is 0 Å². The Balaban J connectivity index is 1.45. The molecular formula is C31H34ClN5O2. The minimum absolute atomic E-state index is 0.0356. The number of hydrogen-bond donors (Lipinski definition) is 3. The van der Waals surface area contributed by atoms with E-state index in [-0.39, 0.29) is 29.5 Å². The van der Waals surface area contributed by atoms with E-state index in [0.29, 0.717) is 47.8 Å². The molecule has 3 unspecified atom stereocenters. The van der Waals surface area contributed by atoms with Crippen LogP contribution < -0.4 is 21.9 Å². The molecule has 202 valence electrons. The number of benzene rings is 3. The van der Waals surface area contributed by atoms with Gasteiger partial charge in [0, 0.05) is 23.0 Å². The number of nitrogens with one attached hydrogen (secondary N) is 2. The van der Waals surface area contributed by atoms with Gasteiger partial charge in [-0.3, -0.25) is 14.2 Å². The molecule has 0 saturated carbocycles. The molecule has 1 saturated heterocycles. The lowest BCUT2D eigenvalue weighted by Crippen LogP contribution is -2.55. The second-order valence-electron chi connectivity index (χ2n) is 10.2. The molecule has 0 spiro atoms. The smallest absolute Gasteiger partial charge is 0.261 e. The number of carbonyl (C=O) groups excluding carboxylic acids is 1. The fourth-order valence-electron chi connectivity index (χ4n) is 5.41. The van der Waals surface area contributed by atoms with Gasteiger partial charge in [0.05, 0.1) is 24.0 Å². The third kappa shape index (κ3) is 6.56. The first-order valence-electron chi connectivity index (χ1n) is 13.5. The van der Waals surface area contributed by atoms with Gasteiger partial charge in [0.2, 0.25) is 5.91 Å². The molecule has 4 aromatic rings. The molecule has 0 radical (unpaired) electrons. The summed E-state index contributed by atoms with van der Waals surface area (Å²) in [6, 6.07) is 25.2. The monoisotopic (exact) mass is 543 g/mol. The van der Waals surface area contributed by atoms with E-state index in [2.05, 4.69) is 22.8 Å². The Morgan fingerprint density at radius 3 is 2.41 bits per heavy atom. The second-order valence-corrected chi connectivity index (χ2v) is 10.6. The molecule has 1 aliphatic heterocycles. The van der Waals surface area contributed by atoms with Gasteiger partial charge in [0.15, 0.2) is 0 Å². The largest absolute Gasteiger partial charge is 0.352 e. The predicted octanol–water partition coefficient (Wildman–Crippen LogP) is 4.04. The number of rotatable bonds is 10. The summed E-state index contributed by atoms with van der Waals surface area (Å²) in [5.74, 6) is 0.655. The van der Waals surface area contributed by atoms with Crippen molar-refractivity contribution in [2.75, 3.05) is 6.54 Å². The van der Waals surface area contributed by atoms with Gasteiger partial charge in [-0.2, -0.15) is 0 Å². The van der Waals surface area contributed by atoms with Crippen molar-refractivity contribution in [3.8, 4) is 0 Å². The van der Waals surface area contributed by atoms with Crippen LogP contribution >= 0.6 is 11.6 Å². The molecule has 2 heterocycles. The zero-order valence-corrected chi connectivity index (χ0v) is 22.6. The molecule has 1 aromatic heterocycles. The van der Waals surface area contributed by atoms with E-state index in [4.69, 9.17) is 22.3 Å². The fourth-order valence-corrected chi connectivity index (χ4v) is 5.58. The van der Waals surface area contributed by atoms with Gasteiger partial charge in [0.1, 0.15) is 5.82 Å². The van der Waals surface area contributed by atoms with Crippen LogP contribution in [0.3, 0.4) is 0 Å². The van der Waals surface area contributed by atoms with Crippen molar-refractivity contribution in [2.24, 2.45) is 11.7 Å². The average Bonchev–Trinajstić information content (AvgIpc) is 2.95. The van der Waals surface area contributed by atoms with Gasteiger partial charge in [-0.15, -0.1) is 0 Å². The molecule has 1 amide bonds. The van der Waals surface area contributed by atoms with Crippen molar-refractivity contribution < 1.29 is 4.79 Å². The first-order chi connectivity index (χ1) is 19.0. The van der Waals surface area contributed by atoms with E-state index >= 15 is 0 Å². The second kappa shape index (κ2) is 12.6. The maximum absolute atomic E-state index is 13.6. The molecule has 3 aromatic carbocycles. The summed E-state index contributed by atoms with van der Waals surface area (Å²) in [4.78, 5) is 31.4. The number of nitrogens with zero attached hydrogens (tertiary/aromatic N) is 2. The summed E-state index contributed by atoms with van der Waals surface area (Å²) in [6.07, 6.45) is 3.10. The average molecular weight is 544 g/mol. The third-order valence-corrected chi connectivity index (χ3v) is 7.76. The first-order valence-corrected chi connectivity index (χ1v) is 13.9. The lowest BCUT2D eigenvalue weighted by molar-refractivity contribution is -0.128. The van der Waals surface area contributed by atoms with Crippen molar-refractivity contribution in [3.63, 3.8) is 0 Å². The zero-order chi connectivity index (χ0) is 27.2. The minimum Gasteiger partial charge on any atom is -0.352 e. The Hall–Kier alpha value is -3.52. The van der Waals surface area contributed by atoms with E-state index in [1.165, 1.54) is 5.56 Å². The highest BCUT2D eigenvalue weighted by molar-refractivity contribution is 6.31. The maximum Gasteiger partial charge on any atom is 0.261 e. The maximum atomic E-state index is 13.6. The third-order valence-electron chi connectivity index (χ3n) is 7.53. The van der Waals surface area contributed by atoms with Crippen molar-refractivity contribution in [2.45, 2.75) is 50.9 Å². The number of nitrogens with two attached hydrogens (primary N) is 1. The Morgan fingerprint density at radius 2 is 1.72 bits per heavy atom. The topological polar surface area (TPSA) is 102 Å². The standard InChI is InChI=1S/C31H34ClN5O2/c32-24-12-13-25-27(18-24)35-29(37(31(25)39)20-22-9-5-2-6-10-22)19-34-28(17-21-7-3-1-4-8-21)26-14-11-23(15-16-33)30(38)36-26/h1-10,12-13,18,23,26,28,34H,11,14-17,19-20,33H2,(H,36,38). The zero-order valence-electron chi connectivity index (χ0n) is 21.9. The molecule has 3 atom stereocenters. The molecule has 1 aliphatic rings. The number of carbonyl (C=O) groups is 1. The molecule has 8 heteroatoms. The van der Waals surface area contributed by atoms with Crippen LogP contribution in [0.4, 0.5) is 0 Å². The Kier molecular flexibility index (Phi) is 8.71.